The number of nitrogens with zero attached hydrogens (tertiary/aromatic N) is 1. The van der Waals surface area contributed by atoms with Gasteiger partial charge in [-0.2, -0.15) is 0 Å². The summed E-state index contributed by atoms with van der Waals surface area (Å²) < 4.78 is 0. The second-order valence-electron chi connectivity index (χ2n) is 3.86. The second kappa shape index (κ2) is 9.86. The molecule has 1 nitrogen and oxygen atoms in total. The van der Waals surface area contributed by atoms with Crippen molar-refractivity contribution >= 4 is 11.3 Å². The van der Waals surface area contributed by atoms with Crippen molar-refractivity contribution in [2.45, 2.75) is 53.5 Å². The van der Waals surface area contributed by atoms with Crippen LogP contribution in [0.3, 0.4) is 0 Å². The molecule has 0 N–H and O–H groups in total. The third-order valence-corrected chi connectivity index (χ3v) is 3.52. The molecule has 0 fully saturated rings. The Morgan fingerprint density at radius 3 is 2.44 bits per heavy atom. The minimum atomic E-state index is 1.15. The zero-order valence-corrected chi connectivity index (χ0v) is 12.4. The molecule has 1 aliphatic rings. The Labute approximate surface area is 105 Å². The number of fused-ring (bicyclic) bond motifs is 1. The third kappa shape index (κ3) is 5.66. The molecule has 0 bridgehead atoms. The highest BCUT2D eigenvalue weighted by Crippen LogP contribution is 2.22. The van der Waals surface area contributed by atoms with E-state index in [4.69, 9.17) is 0 Å². The predicted molar refractivity (Wildman–Crippen MR) is 76.3 cm³/mol. The standard InChI is InChI=1S/C8H11NS.C4H10.C2H6/c1-9-4-2-8-7(6-9)3-5-10-8;1-3-4-2;1-2/h3,5H,2,4,6H2,1H3;3-4H2,1-2H3;1-2H3. The van der Waals surface area contributed by atoms with Gasteiger partial charge in [-0.25, -0.2) is 0 Å². The van der Waals surface area contributed by atoms with Crippen LogP contribution in [0.1, 0.15) is 51.0 Å². The molecule has 1 aliphatic heterocycles. The predicted octanol–water partition coefficient (Wildman–Crippen LogP) is 4.57. The van der Waals surface area contributed by atoms with E-state index in [0.29, 0.717) is 0 Å². The molecule has 0 amide bonds. The zero-order valence-electron chi connectivity index (χ0n) is 11.5. The fourth-order valence-corrected chi connectivity index (χ4v) is 2.28. The molecule has 0 spiro atoms. The first-order valence-electron chi connectivity index (χ1n) is 6.51. The van der Waals surface area contributed by atoms with Gasteiger partial charge in [0.05, 0.1) is 0 Å². The summed E-state index contributed by atoms with van der Waals surface area (Å²) in [6.07, 6.45) is 3.89. The lowest BCUT2D eigenvalue weighted by Gasteiger charge is -2.21. The van der Waals surface area contributed by atoms with E-state index in [9.17, 15) is 0 Å². The summed E-state index contributed by atoms with van der Waals surface area (Å²) in [6.45, 7) is 10.7. The Morgan fingerprint density at radius 1 is 1.25 bits per heavy atom. The van der Waals surface area contributed by atoms with E-state index in [1.807, 2.05) is 25.2 Å². The number of likely N-dealkylation sites (N-methyl/N-ethyl adjacent to an activating group) is 1. The van der Waals surface area contributed by atoms with Gasteiger partial charge in [0, 0.05) is 18.0 Å². The lowest BCUT2D eigenvalue weighted by atomic mass is 10.1. The highest BCUT2D eigenvalue weighted by Gasteiger charge is 2.12. The number of thiophene rings is 1. The molecular weight excluding hydrogens is 214 g/mol. The molecule has 94 valence electrons. The number of unbranched alkanes of at least 4 members (excludes halogenated alkanes) is 1. The highest BCUT2D eigenvalue weighted by molar-refractivity contribution is 7.10. The van der Waals surface area contributed by atoms with E-state index in [2.05, 4.69) is 37.2 Å². The van der Waals surface area contributed by atoms with Crippen LogP contribution >= 0.6 is 11.3 Å². The fourth-order valence-electron chi connectivity index (χ4n) is 1.39. The average Bonchev–Trinajstić information content (AvgIpc) is 2.79. The quantitative estimate of drug-likeness (QED) is 0.696. The molecule has 16 heavy (non-hydrogen) atoms. The van der Waals surface area contributed by atoms with Crippen molar-refractivity contribution < 1.29 is 0 Å². The average molecular weight is 241 g/mol. The fraction of sp³-hybridized carbons (Fsp3) is 0.714. The normalized spacial score (nSPS) is 14.1. The van der Waals surface area contributed by atoms with Crippen LogP contribution in [0.25, 0.3) is 0 Å². The van der Waals surface area contributed by atoms with Crippen molar-refractivity contribution in [2.75, 3.05) is 13.6 Å². The molecule has 0 aromatic carbocycles. The van der Waals surface area contributed by atoms with Crippen molar-refractivity contribution in [2.24, 2.45) is 0 Å². The van der Waals surface area contributed by atoms with Crippen LogP contribution in [0.15, 0.2) is 11.4 Å². The number of rotatable bonds is 1. The third-order valence-electron chi connectivity index (χ3n) is 2.50. The van der Waals surface area contributed by atoms with Gasteiger partial charge in [-0.1, -0.05) is 40.5 Å². The van der Waals surface area contributed by atoms with Crippen LogP contribution in [0.5, 0.6) is 0 Å². The van der Waals surface area contributed by atoms with Crippen molar-refractivity contribution in [3.8, 4) is 0 Å². The molecule has 0 unspecified atom stereocenters. The molecule has 0 saturated carbocycles. The molecule has 2 heteroatoms. The highest BCUT2D eigenvalue weighted by atomic mass is 32.1. The van der Waals surface area contributed by atoms with Gasteiger partial charge in [0.25, 0.3) is 0 Å². The van der Waals surface area contributed by atoms with Crippen molar-refractivity contribution in [1.29, 1.82) is 0 Å². The molecule has 2 heterocycles. The van der Waals surface area contributed by atoms with Crippen LogP contribution in [0.2, 0.25) is 0 Å². The maximum absolute atomic E-state index is 2.37. The van der Waals surface area contributed by atoms with Gasteiger partial charge in [-0.3, -0.25) is 0 Å². The Morgan fingerprint density at radius 2 is 1.88 bits per heavy atom. The van der Waals surface area contributed by atoms with Crippen LogP contribution < -0.4 is 0 Å². The van der Waals surface area contributed by atoms with Gasteiger partial charge in [0.2, 0.25) is 0 Å². The second-order valence-corrected chi connectivity index (χ2v) is 4.86. The van der Waals surface area contributed by atoms with E-state index in [-0.39, 0.29) is 0 Å². The first-order chi connectivity index (χ1) is 7.77. The molecule has 0 atom stereocenters. The minimum absolute atomic E-state index is 1.15. The van der Waals surface area contributed by atoms with E-state index >= 15 is 0 Å². The summed E-state index contributed by atoms with van der Waals surface area (Å²) in [5, 5.41) is 2.20. The largest absolute Gasteiger partial charge is 0.302 e. The minimum Gasteiger partial charge on any atom is -0.302 e. The van der Waals surface area contributed by atoms with Crippen LogP contribution in [0.4, 0.5) is 0 Å². The van der Waals surface area contributed by atoms with Gasteiger partial charge in [-0.15, -0.1) is 11.3 Å². The van der Waals surface area contributed by atoms with Crippen molar-refractivity contribution in [1.82, 2.24) is 4.90 Å². The zero-order chi connectivity index (χ0) is 12.4. The van der Waals surface area contributed by atoms with E-state index in [1.165, 1.54) is 25.8 Å². The monoisotopic (exact) mass is 241 g/mol. The summed E-state index contributed by atoms with van der Waals surface area (Å²) in [5.74, 6) is 0. The lowest BCUT2D eigenvalue weighted by molar-refractivity contribution is 0.315. The van der Waals surface area contributed by atoms with E-state index in [1.54, 1.807) is 10.4 Å². The first kappa shape index (κ1) is 15.7. The van der Waals surface area contributed by atoms with E-state index in [0.717, 1.165) is 6.54 Å². The molecule has 1 aromatic rings. The topological polar surface area (TPSA) is 3.24 Å². The van der Waals surface area contributed by atoms with Crippen LogP contribution in [0, 0.1) is 0 Å². The SMILES string of the molecule is CC.CCCC.CN1CCc2sccc2C1. The molecule has 0 radical (unpaired) electrons. The summed E-state index contributed by atoms with van der Waals surface area (Å²) >= 11 is 1.90. The Kier molecular flexibility index (Phi) is 9.65. The van der Waals surface area contributed by atoms with Gasteiger partial charge in [0.15, 0.2) is 0 Å². The molecular formula is C14H27NS. The van der Waals surface area contributed by atoms with Crippen LogP contribution in [-0.4, -0.2) is 18.5 Å². The first-order valence-corrected chi connectivity index (χ1v) is 7.39. The maximum atomic E-state index is 2.37. The number of hydrogen-bond donors (Lipinski definition) is 0. The van der Waals surface area contributed by atoms with Crippen molar-refractivity contribution in [3.63, 3.8) is 0 Å². The summed E-state index contributed by atoms with van der Waals surface area (Å²) in [4.78, 5) is 3.97. The molecule has 2 rings (SSSR count). The van der Waals surface area contributed by atoms with Crippen molar-refractivity contribution in [3.05, 3.63) is 21.9 Å². The summed E-state index contributed by atoms with van der Waals surface area (Å²) in [7, 11) is 2.18. The van der Waals surface area contributed by atoms with E-state index < -0.39 is 0 Å². The van der Waals surface area contributed by atoms with Gasteiger partial charge in [-0.05, 0) is 30.5 Å². The van der Waals surface area contributed by atoms with Gasteiger partial charge < -0.3 is 4.90 Å². The summed E-state index contributed by atoms with van der Waals surface area (Å²) in [5.41, 5.74) is 1.54. The number of hydrogen-bond acceptors (Lipinski definition) is 2. The molecule has 0 saturated heterocycles. The Bertz CT molecular complexity index is 253. The maximum Gasteiger partial charge on any atom is 0.0241 e. The Balaban J connectivity index is 0.000000323. The molecule has 1 aromatic heterocycles. The van der Waals surface area contributed by atoms with Gasteiger partial charge >= 0.3 is 0 Å². The lowest BCUT2D eigenvalue weighted by Crippen LogP contribution is -2.25. The van der Waals surface area contributed by atoms with Gasteiger partial charge in [0.1, 0.15) is 0 Å². The van der Waals surface area contributed by atoms with Crippen LogP contribution in [-0.2, 0) is 13.0 Å². The smallest absolute Gasteiger partial charge is 0.0241 e. The molecule has 0 aliphatic carbocycles. The summed E-state index contributed by atoms with van der Waals surface area (Å²) in [6, 6.07) is 2.25. The Hall–Kier alpha value is -0.340.